The van der Waals surface area contributed by atoms with E-state index in [1.54, 1.807) is 0 Å². The lowest BCUT2D eigenvalue weighted by molar-refractivity contribution is 0.141. The molecule has 0 spiro atoms. The molecule has 0 amide bonds. The van der Waals surface area contributed by atoms with Gasteiger partial charge in [-0.05, 0) is 57.5 Å². The third-order valence-electron chi connectivity index (χ3n) is 4.98. The number of rotatable bonds is 4. The zero-order valence-electron chi connectivity index (χ0n) is 12.1. The SMILES string of the molecule is C1CNC(C2CCCN(Cc3noc(C4CC4)n3)C2)C1. The number of hydrogen-bond acceptors (Lipinski definition) is 5. The van der Waals surface area contributed by atoms with Crippen LogP contribution in [0.2, 0.25) is 0 Å². The van der Waals surface area contributed by atoms with Crippen LogP contribution in [0.25, 0.3) is 0 Å². The molecule has 1 aromatic rings. The quantitative estimate of drug-likeness (QED) is 0.910. The Morgan fingerprint density at radius 1 is 1.20 bits per heavy atom. The highest BCUT2D eigenvalue weighted by Crippen LogP contribution is 2.38. The Morgan fingerprint density at radius 3 is 2.95 bits per heavy atom. The van der Waals surface area contributed by atoms with E-state index < -0.39 is 0 Å². The van der Waals surface area contributed by atoms with Gasteiger partial charge in [0.25, 0.3) is 0 Å². The van der Waals surface area contributed by atoms with Crippen molar-refractivity contribution in [1.82, 2.24) is 20.4 Å². The average molecular weight is 276 g/mol. The molecule has 5 nitrogen and oxygen atoms in total. The maximum absolute atomic E-state index is 5.36. The minimum atomic E-state index is 0.563. The summed E-state index contributed by atoms with van der Waals surface area (Å²) in [7, 11) is 0. The number of likely N-dealkylation sites (tertiary alicyclic amines) is 1. The van der Waals surface area contributed by atoms with Gasteiger partial charge in [0.2, 0.25) is 5.89 Å². The smallest absolute Gasteiger partial charge is 0.229 e. The fraction of sp³-hybridized carbons (Fsp3) is 0.867. The van der Waals surface area contributed by atoms with Gasteiger partial charge in [-0.25, -0.2) is 0 Å². The molecular weight excluding hydrogens is 252 g/mol. The minimum Gasteiger partial charge on any atom is -0.339 e. The topological polar surface area (TPSA) is 54.2 Å². The summed E-state index contributed by atoms with van der Waals surface area (Å²) in [6.07, 6.45) is 7.81. The molecular formula is C15H24N4O. The standard InChI is InChI=1S/C15H24N4O/c1-4-13(16-7-1)12-3-2-8-19(9-12)10-14-17-15(20-18-14)11-5-6-11/h11-13,16H,1-10H2. The third-order valence-corrected chi connectivity index (χ3v) is 4.98. The molecule has 1 aliphatic carbocycles. The lowest BCUT2D eigenvalue weighted by Gasteiger charge is -2.35. The van der Waals surface area contributed by atoms with E-state index in [4.69, 9.17) is 4.52 Å². The van der Waals surface area contributed by atoms with E-state index in [2.05, 4.69) is 20.4 Å². The second kappa shape index (κ2) is 5.45. The molecule has 4 rings (SSSR count). The number of aromatic nitrogens is 2. The molecule has 1 N–H and O–H groups in total. The first kappa shape index (κ1) is 12.8. The van der Waals surface area contributed by atoms with E-state index in [0.29, 0.717) is 5.92 Å². The molecule has 2 unspecified atom stereocenters. The van der Waals surface area contributed by atoms with E-state index in [0.717, 1.165) is 30.2 Å². The molecule has 0 bridgehead atoms. The van der Waals surface area contributed by atoms with E-state index >= 15 is 0 Å². The molecule has 1 saturated carbocycles. The second-order valence-electron chi connectivity index (χ2n) is 6.66. The molecule has 20 heavy (non-hydrogen) atoms. The Bertz CT molecular complexity index is 450. The van der Waals surface area contributed by atoms with Crippen molar-refractivity contribution >= 4 is 0 Å². The summed E-state index contributed by atoms with van der Waals surface area (Å²) in [6.45, 7) is 4.43. The number of nitrogens with one attached hydrogen (secondary N) is 1. The van der Waals surface area contributed by atoms with Crippen LogP contribution in [0, 0.1) is 5.92 Å². The highest BCUT2D eigenvalue weighted by molar-refractivity contribution is 5.02. The van der Waals surface area contributed by atoms with Crippen molar-refractivity contribution in [2.24, 2.45) is 5.92 Å². The first-order valence-electron chi connectivity index (χ1n) is 8.17. The van der Waals surface area contributed by atoms with E-state index in [9.17, 15) is 0 Å². The Balaban J connectivity index is 1.35. The largest absolute Gasteiger partial charge is 0.339 e. The molecule has 1 aromatic heterocycles. The van der Waals surface area contributed by atoms with Gasteiger partial charge in [-0.2, -0.15) is 4.98 Å². The summed E-state index contributed by atoms with van der Waals surface area (Å²) in [6, 6.07) is 0.741. The average Bonchev–Trinajstić information content (AvgIpc) is 3.00. The summed E-state index contributed by atoms with van der Waals surface area (Å²) in [5.74, 6) is 3.12. The Kier molecular flexibility index (Phi) is 3.48. The zero-order valence-corrected chi connectivity index (χ0v) is 12.1. The minimum absolute atomic E-state index is 0.563. The molecule has 2 aliphatic heterocycles. The Hall–Kier alpha value is -0.940. The molecule has 0 radical (unpaired) electrons. The maximum Gasteiger partial charge on any atom is 0.229 e. The van der Waals surface area contributed by atoms with Gasteiger partial charge in [0.1, 0.15) is 0 Å². The van der Waals surface area contributed by atoms with Crippen LogP contribution in [0.15, 0.2) is 4.52 Å². The van der Waals surface area contributed by atoms with Crippen molar-refractivity contribution in [3.63, 3.8) is 0 Å². The molecule has 110 valence electrons. The van der Waals surface area contributed by atoms with Gasteiger partial charge in [-0.15, -0.1) is 0 Å². The van der Waals surface area contributed by atoms with Crippen LogP contribution >= 0.6 is 0 Å². The van der Waals surface area contributed by atoms with Crippen LogP contribution in [-0.2, 0) is 6.54 Å². The molecule has 3 aliphatic rings. The van der Waals surface area contributed by atoms with Gasteiger partial charge in [-0.1, -0.05) is 5.16 Å². The van der Waals surface area contributed by atoms with Crippen LogP contribution in [0.4, 0.5) is 0 Å². The third kappa shape index (κ3) is 2.74. The van der Waals surface area contributed by atoms with Gasteiger partial charge in [-0.3, -0.25) is 4.90 Å². The molecule has 0 aromatic carbocycles. The van der Waals surface area contributed by atoms with Crippen molar-refractivity contribution in [1.29, 1.82) is 0 Å². The van der Waals surface area contributed by atoms with Crippen LogP contribution in [0.3, 0.4) is 0 Å². The van der Waals surface area contributed by atoms with Crippen molar-refractivity contribution in [2.45, 2.75) is 57.0 Å². The number of hydrogen-bond donors (Lipinski definition) is 1. The second-order valence-corrected chi connectivity index (χ2v) is 6.66. The van der Waals surface area contributed by atoms with Gasteiger partial charge >= 0.3 is 0 Å². The normalized spacial score (nSPS) is 31.8. The highest BCUT2D eigenvalue weighted by atomic mass is 16.5. The fourth-order valence-corrected chi connectivity index (χ4v) is 3.71. The van der Waals surface area contributed by atoms with Crippen LogP contribution in [0.5, 0.6) is 0 Å². The van der Waals surface area contributed by atoms with E-state index in [-0.39, 0.29) is 0 Å². The highest BCUT2D eigenvalue weighted by Gasteiger charge is 2.31. The monoisotopic (exact) mass is 276 g/mol. The van der Waals surface area contributed by atoms with Crippen molar-refractivity contribution in [3.05, 3.63) is 11.7 Å². The van der Waals surface area contributed by atoms with Crippen LogP contribution in [0.1, 0.15) is 56.2 Å². The summed E-state index contributed by atoms with van der Waals surface area (Å²) in [5, 5.41) is 7.81. The number of nitrogens with zero attached hydrogens (tertiary/aromatic N) is 3. The summed E-state index contributed by atoms with van der Waals surface area (Å²) in [4.78, 5) is 7.06. The maximum atomic E-state index is 5.36. The van der Waals surface area contributed by atoms with Crippen LogP contribution in [-0.4, -0.2) is 40.7 Å². The summed E-state index contributed by atoms with van der Waals surface area (Å²) < 4.78 is 5.36. The van der Waals surface area contributed by atoms with E-state index in [1.165, 1.54) is 58.2 Å². The lowest BCUT2D eigenvalue weighted by Crippen LogP contribution is -2.43. The molecule has 2 saturated heterocycles. The number of piperidine rings is 1. The first-order chi connectivity index (χ1) is 9.88. The predicted molar refractivity (Wildman–Crippen MR) is 75.3 cm³/mol. The molecule has 2 atom stereocenters. The van der Waals surface area contributed by atoms with Crippen molar-refractivity contribution < 1.29 is 4.52 Å². The zero-order chi connectivity index (χ0) is 13.4. The van der Waals surface area contributed by atoms with Crippen molar-refractivity contribution in [2.75, 3.05) is 19.6 Å². The summed E-state index contributed by atoms with van der Waals surface area (Å²) in [5.41, 5.74) is 0. The lowest BCUT2D eigenvalue weighted by atomic mass is 9.90. The van der Waals surface area contributed by atoms with Gasteiger partial charge in [0.15, 0.2) is 5.82 Å². The fourth-order valence-electron chi connectivity index (χ4n) is 3.71. The van der Waals surface area contributed by atoms with Gasteiger partial charge < -0.3 is 9.84 Å². The van der Waals surface area contributed by atoms with Crippen molar-refractivity contribution in [3.8, 4) is 0 Å². The van der Waals surface area contributed by atoms with E-state index in [1.807, 2.05) is 0 Å². The van der Waals surface area contributed by atoms with Gasteiger partial charge in [0, 0.05) is 18.5 Å². The molecule has 3 heterocycles. The Labute approximate surface area is 120 Å². The molecule has 3 fully saturated rings. The Morgan fingerprint density at radius 2 is 2.15 bits per heavy atom. The first-order valence-corrected chi connectivity index (χ1v) is 8.17. The predicted octanol–water partition coefficient (Wildman–Crippen LogP) is 1.91. The summed E-state index contributed by atoms with van der Waals surface area (Å²) >= 11 is 0. The molecule has 5 heteroatoms. The van der Waals surface area contributed by atoms with Crippen LogP contribution < -0.4 is 5.32 Å². The van der Waals surface area contributed by atoms with Gasteiger partial charge in [0.05, 0.1) is 6.54 Å².